The summed E-state index contributed by atoms with van der Waals surface area (Å²) in [6.45, 7) is 5.79. The Morgan fingerprint density at radius 2 is 2.20 bits per heavy atom. The highest BCUT2D eigenvalue weighted by Gasteiger charge is 2.43. The van der Waals surface area contributed by atoms with Gasteiger partial charge in [-0.05, 0) is 25.2 Å². The van der Waals surface area contributed by atoms with Gasteiger partial charge in [0.15, 0.2) is 5.17 Å². The highest BCUT2D eigenvalue weighted by atomic mass is 32.2. The lowest BCUT2D eigenvalue weighted by Crippen LogP contribution is -2.37. The summed E-state index contributed by atoms with van der Waals surface area (Å²) in [6.07, 6.45) is 1.19. The predicted molar refractivity (Wildman–Crippen MR) is 78.2 cm³/mol. The summed E-state index contributed by atoms with van der Waals surface area (Å²) >= 11 is 1.43. The first-order valence-corrected chi connectivity index (χ1v) is 8.14. The number of thioether (sulfide) groups is 1. The lowest BCUT2D eigenvalue weighted by Gasteiger charge is -2.33. The maximum atomic E-state index is 13.7. The Kier molecular flexibility index (Phi) is 4.72. The van der Waals surface area contributed by atoms with Gasteiger partial charge >= 0.3 is 0 Å². The summed E-state index contributed by atoms with van der Waals surface area (Å²) in [6, 6.07) is -0.0895. The smallest absolute Gasteiger partial charge is 0.251 e. The average molecular weight is 304 g/mol. The van der Waals surface area contributed by atoms with E-state index in [4.69, 9.17) is 0 Å². The number of halogens is 2. The first-order valence-electron chi connectivity index (χ1n) is 7.26. The summed E-state index contributed by atoms with van der Waals surface area (Å²) in [4.78, 5) is 16.3. The Hall–Kier alpha value is -0.650. The molecule has 1 aliphatic carbocycles. The molecule has 0 aromatic heterocycles. The molecule has 1 unspecified atom stereocenters. The third-order valence-corrected chi connectivity index (χ3v) is 5.53. The van der Waals surface area contributed by atoms with E-state index < -0.39 is 11.8 Å². The molecular formula is C14H22F2N2OS. The minimum atomic E-state index is -2.56. The number of aliphatic imine (C=N–C) groups is 1. The zero-order chi connectivity index (χ0) is 14.9. The van der Waals surface area contributed by atoms with Crippen LogP contribution in [0.5, 0.6) is 0 Å². The molecule has 2 rings (SSSR count). The molecule has 0 aromatic carbocycles. The van der Waals surface area contributed by atoms with Crippen LogP contribution >= 0.6 is 11.8 Å². The van der Waals surface area contributed by atoms with Crippen molar-refractivity contribution >= 4 is 22.8 Å². The van der Waals surface area contributed by atoms with Gasteiger partial charge in [0, 0.05) is 12.3 Å². The molecule has 1 saturated carbocycles. The molecule has 1 heterocycles. The Morgan fingerprint density at radius 3 is 2.75 bits per heavy atom. The van der Waals surface area contributed by atoms with Gasteiger partial charge in [-0.3, -0.25) is 9.79 Å². The first kappa shape index (κ1) is 15.7. The molecular weight excluding hydrogens is 282 g/mol. The van der Waals surface area contributed by atoms with Crippen LogP contribution in [0.15, 0.2) is 4.99 Å². The molecule has 0 radical (unpaired) electrons. The molecule has 1 amide bonds. The maximum Gasteiger partial charge on any atom is 0.251 e. The standard InChI is InChI=1S/C14H22F2N2OS/c1-4-9-7-10(5-6-14(9,15)16)17-13-18-12(19)11(20-13)8(2)3/h8-11H,4-7H2,1-3H3,(H,17,18,19)/t9-,10-,11?/m1/s1. The van der Waals surface area contributed by atoms with Crippen LogP contribution in [0.3, 0.4) is 0 Å². The van der Waals surface area contributed by atoms with Crippen molar-refractivity contribution in [3.8, 4) is 0 Å². The minimum absolute atomic E-state index is 0.0167. The molecule has 3 nitrogen and oxygen atoms in total. The Labute approximate surface area is 123 Å². The Balaban J connectivity index is 2.01. The van der Waals surface area contributed by atoms with E-state index in [1.54, 1.807) is 6.92 Å². The van der Waals surface area contributed by atoms with Gasteiger partial charge in [0.25, 0.3) is 5.92 Å². The number of amides is 1. The van der Waals surface area contributed by atoms with Crippen molar-refractivity contribution in [1.29, 1.82) is 0 Å². The number of amidine groups is 1. The molecule has 0 spiro atoms. The molecule has 0 bridgehead atoms. The van der Waals surface area contributed by atoms with Crippen LogP contribution in [0.4, 0.5) is 8.78 Å². The first-order chi connectivity index (χ1) is 9.33. The van der Waals surface area contributed by atoms with Crippen LogP contribution in [0, 0.1) is 11.8 Å². The van der Waals surface area contributed by atoms with E-state index in [9.17, 15) is 13.6 Å². The number of alkyl halides is 2. The normalized spacial score (nSPS) is 35.6. The van der Waals surface area contributed by atoms with E-state index in [-0.39, 0.29) is 29.5 Å². The molecule has 2 fully saturated rings. The van der Waals surface area contributed by atoms with Crippen LogP contribution in [-0.4, -0.2) is 28.3 Å². The third kappa shape index (κ3) is 3.32. The van der Waals surface area contributed by atoms with E-state index >= 15 is 0 Å². The molecule has 6 heteroatoms. The van der Waals surface area contributed by atoms with Crippen molar-refractivity contribution in [3.05, 3.63) is 0 Å². The van der Waals surface area contributed by atoms with Gasteiger partial charge in [0.05, 0.1) is 11.3 Å². The van der Waals surface area contributed by atoms with Crippen molar-refractivity contribution in [2.24, 2.45) is 16.8 Å². The molecule has 114 valence electrons. The predicted octanol–water partition coefficient (Wildman–Crippen LogP) is 3.44. The highest BCUT2D eigenvalue weighted by Crippen LogP contribution is 2.41. The fourth-order valence-corrected chi connectivity index (χ4v) is 3.86. The summed E-state index contributed by atoms with van der Waals surface area (Å²) in [5.41, 5.74) is 0. The molecule has 1 aliphatic heterocycles. The molecule has 3 atom stereocenters. The van der Waals surface area contributed by atoms with E-state index in [0.717, 1.165) is 0 Å². The number of nitrogens with zero attached hydrogens (tertiary/aromatic N) is 1. The van der Waals surface area contributed by atoms with Crippen LogP contribution in [-0.2, 0) is 4.79 Å². The number of rotatable bonds is 3. The second-order valence-corrected chi connectivity index (χ2v) is 7.13. The lowest BCUT2D eigenvalue weighted by atomic mass is 9.81. The van der Waals surface area contributed by atoms with Gasteiger partial charge in [0.1, 0.15) is 0 Å². The summed E-state index contributed by atoms with van der Waals surface area (Å²) in [5.74, 6) is -2.92. The molecule has 2 aliphatic rings. The van der Waals surface area contributed by atoms with Crippen molar-refractivity contribution in [2.45, 2.75) is 63.7 Å². The van der Waals surface area contributed by atoms with Gasteiger partial charge in [-0.1, -0.05) is 32.5 Å². The van der Waals surface area contributed by atoms with Crippen molar-refractivity contribution in [3.63, 3.8) is 0 Å². The molecule has 1 saturated heterocycles. The zero-order valence-electron chi connectivity index (χ0n) is 12.2. The van der Waals surface area contributed by atoms with Gasteiger partial charge in [-0.25, -0.2) is 8.78 Å². The largest absolute Gasteiger partial charge is 0.304 e. The highest BCUT2D eigenvalue weighted by molar-refractivity contribution is 8.15. The average Bonchev–Trinajstić information content (AvgIpc) is 2.72. The van der Waals surface area contributed by atoms with Crippen LogP contribution < -0.4 is 5.32 Å². The monoisotopic (exact) mass is 304 g/mol. The Bertz CT molecular complexity index is 412. The number of hydrogen-bond acceptors (Lipinski definition) is 3. The van der Waals surface area contributed by atoms with Crippen molar-refractivity contribution in [2.75, 3.05) is 0 Å². The summed E-state index contributed by atoms with van der Waals surface area (Å²) < 4.78 is 27.3. The lowest BCUT2D eigenvalue weighted by molar-refractivity contribution is -0.119. The fraction of sp³-hybridized carbons (Fsp3) is 0.857. The van der Waals surface area contributed by atoms with Gasteiger partial charge < -0.3 is 5.32 Å². The Morgan fingerprint density at radius 1 is 1.50 bits per heavy atom. The van der Waals surface area contributed by atoms with Gasteiger partial charge in [0.2, 0.25) is 5.91 Å². The second kappa shape index (κ2) is 6.00. The van der Waals surface area contributed by atoms with E-state index in [0.29, 0.717) is 24.4 Å². The zero-order valence-corrected chi connectivity index (χ0v) is 13.0. The van der Waals surface area contributed by atoms with Crippen LogP contribution in [0.2, 0.25) is 0 Å². The molecule has 20 heavy (non-hydrogen) atoms. The second-order valence-electron chi connectivity index (χ2n) is 6.00. The number of hydrogen-bond donors (Lipinski definition) is 1. The number of carbonyl (C=O) groups is 1. The van der Waals surface area contributed by atoms with Gasteiger partial charge in [-0.2, -0.15) is 0 Å². The van der Waals surface area contributed by atoms with Crippen LogP contribution in [0.25, 0.3) is 0 Å². The van der Waals surface area contributed by atoms with Crippen molar-refractivity contribution < 1.29 is 13.6 Å². The quantitative estimate of drug-likeness (QED) is 0.867. The third-order valence-electron chi connectivity index (χ3n) is 4.09. The van der Waals surface area contributed by atoms with Crippen molar-refractivity contribution in [1.82, 2.24) is 5.32 Å². The van der Waals surface area contributed by atoms with E-state index in [1.807, 2.05) is 13.8 Å². The minimum Gasteiger partial charge on any atom is -0.304 e. The van der Waals surface area contributed by atoms with Crippen LogP contribution in [0.1, 0.15) is 46.5 Å². The van der Waals surface area contributed by atoms with E-state index in [2.05, 4.69) is 10.3 Å². The molecule has 1 N–H and O–H groups in total. The summed E-state index contributed by atoms with van der Waals surface area (Å²) in [7, 11) is 0. The van der Waals surface area contributed by atoms with Gasteiger partial charge in [-0.15, -0.1) is 0 Å². The fourth-order valence-electron chi connectivity index (χ4n) is 2.81. The molecule has 0 aromatic rings. The summed E-state index contributed by atoms with van der Waals surface area (Å²) in [5, 5.41) is 3.27. The number of nitrogens with one attached hydrogen (secondary N) is 1. The maximum absolute atomic E-state index is 13.7. The number of carbonyl (C=O) groups excluding carboxylic acids is 1. The topological polar surface area (TPSA) is 41.5 Å². The van der Waals surface area contributed by atoms with E-state index in [1.165, 1.54) is 11.8 Å². The SMILES string of the molecule is CC[C@@H]1C[C@H](N=C2NC(=O)C(C(C)C)S2)CCC1(F)F.